The molecular formula is C14H22N2O2. The number of ether oxygens (including phenoxy) is 2. The summed E-state index contributed by atoms with van der Waals surface area (Å²) in [6.07, 6.45) is 0.166. The molecule has 2 rings (SSSR count). The van der Waals surface area contributed by atoms with Crippen molar-refractivity contribution in [3.05, 3.63) is 29.8 Å². The highest BCUT2D eigenvalue weighted by Crippen LogP contribution is 2.17. The van der Waals surface area contributed by atoms with Crippen molar-refractivity contribution < 1.29 is 9.47 Å². The van der Waals surface area contributed by atoms with Gasteiger partial charge in [0.1, 0.15) is 5.75 Å². The van der Waals surface area contributed by atoms with Gasteiger partial charge in [-0.05, 0) is 24.6 Å². The maximum atomic E-state index is 5.67. The van der Waals surface area contributed by atoms with Gasteiger partial charge in [0.25, 0.3) is 0 Å². The summed E-state index contributed by atoms with van der Waals surface area (Å²) in [4.78, 5) is 2.42. The summed E-state index contributed by atoms with van der Waals surface area (Å²) in [5, 5.41) is 0. The van der Waals surface area contributed by atoms with E-state index in [4.69, 9.17) is 15.2 Å². The van der Waals surface area contributed by atoms with E-state index in [1.165, 1.54) is 5.56 Å². The van der Waals surface area contributed by atoms with E-state index in [1.54, 1.807) is 7.11 Å². The van der Waals surface area contributed by atoms with E-state index < -0.39 is 0 Å². The van der Waals surface area contributed by atoms with E-state index >= 15 is 0 Å². The molecule has 0 spiro atoms. The molecule has 2 unspecified atom stereocenters. The van der Waals surface area contributed by atoms with Gasteiger partial charge >= 0.3 is 0 Å². The van der Waals surface area contributed by atoms with E-state index in [1.807, 2.05) is 12.1 Å². The predicted octanol–water partition coefficient (Wildman–Crippen LogP) is 1.24. The van der Waals surface area contributed by atoms with Gasteiger partial charge in [-0.15, -0.1) is 0 Å². The van der Waals surface area contributed by atoms with Crippen molar-refractivity contribution in [3.63, 3.8) is 0 Å². The van der Waals surface area contributed by atoms with Gasteiger partial charge in [0.2, 0.25) is 0 Å². The molecule has 0 aromatic heterocycles. The second-order valence-electron chi connectivity index (χ2n) is 4.82. The molecule has 1 heterocycles. The topological polar surface area (TPSA) is 47.7 Å². The van der Waals surface area contributed by atoms with E-state index in [0.29, 0.717) is 12.6 Å². The van der Waals surface area contributed by atoms with E-state index in [2.05, 4.69) is 24.0 Å². The van der Waals surface area contributed by atoms with Crippen LogP contribution in [0.15, 0.2) is 24.3 Å². The Morgan fingerprint density at radius 3 is 2.72 bits per heavy atom. The molecule has 1 fully saturated rings. The zero-order valence-electron chi connectivity index (χ0n) is 11.1. The summed E-state index contributed by atoms with van der Waals surface area (Å²) in [6, 6.07) is 8.66. The van der Waals surface area contributed by atoms with Gasteiger partial charge in [0, 0.05) is 25.7 Å². The molecule has 0 saturated carbocycles. The number of methoxy groups -OCH3 is 1. The fourth-order valence-corrected chi connectivity index (χ4v) is 2.20. The number of nitrogens with zero attached hydrogens (tertiary/aromatic N) is 1. The van der Waals surface area contributed by atoms with Crippen LogP contribution in [-0.4, -0.2) is 43.9 Å². The van der Waals surface area contributed by atoms with Gasteiger partial charge in [-0.3, -0.25) is 4.90 Å². The fourth-order valence-electron chi connectivity index (χ4n) is 2.20. The summed E-state index contributed by atoms with van der Waals surface area (Å²) in [7, 11) is 1.69. The molecular weight excluding hydrogens is 228 g/mol. The quantitative estimate of drug-likeness (QED) is 0.873. The molecule has 0 bridgehead atoms. The number of hydrogen-bond donors (Lipinski definition) is 1. The van der Waals surface area contributed by atoms with Crippen LogP contribution in [0.5, 0.6) is 5.75 Å². The summed E-state index contributed by atoms with van der Waals surface area (Å²) in [5.74, 6) is 0.897. The molecule has 4 heteroatoms. The first-order chi connectivity index (χ1) is 8.72. The standard InChI is InChI=1S/C14H22N2O2/c1-11-10-18-14(7-15)9-16(11)8-12-3-5-13(17-2)6-4-12/h3-6,11,14H,7-10,15H2,1-2H3. The third-order valence-corrected chi connectivity index (χ3v) is 3.44. The van der Waals surface area contributed by atoms with E-state index in [9.17, 15) is 0 Å². The molecule has 100 valence electrons. The second-order valence-corrected chi connectivity index (χ2v) is 4.82. The number of morpholine rings is 1. The highest BCUT2D eigenvalue weighted by molar-refractivity contribution is 5.27. The Morgan fingerprint density at radius 2 is 2.11 bits per heavy atom. The molecule has 1 aliphatic rings. The van der Waals surface area contributed by atoms with Gasteiger partial charge in [0.05, 0.1) is 19.8 Å². The first-order valence-corrected chi connectivity index (χ1v) is 6.41. The van der Waals surface area contributed by atoms with Gasteiger partial charge in [-0.1, -0.05) is 12.1 Å². The Morgan fingerprint density at radius 1 is 1.39 bits per heavy atom. The normalized spacial score (nSPS) is 25.1. The van der Waals surface area contributed by atoms with Crippen LogP contribution in [0.3, 0.4) is 0 Å². The third-order valence-electron chi connectivity index (χ3n) is 3.44. The maximum absolute atomic E-state index is 5.67. The lowest BCUT2D eigenvalue weighted by Crippen LogP contribution is -2.49. The average molecular weight is 250 g/mol. The summed E-state index contributed by atoms with van der Waals surface area (Å²) in [6.45, 7) is 5.38. The van der Waals surface area contributed by atoms with Gasteiger partial charge in [-0.2, -0.15) is 0 Å². The molecule has 0 radical (unpaired) electrons. The molecule has 0 amide bonds. The SMILES string of the molecule is COc1ccc(CN2CC(CN)OCC2C)cc1. The monoisotopic (exact) mass is 250 g/mol. The zero-order valence-corrected chi connectivity index (χ0v) is 11.1. The Bertz CT molecular complexity index is 367. The number of rotatable bonds is 4. The molecule has 1 aromatic rings. The zero-order chi connectivity index (χ0) is 13.0. The van der Waals surface area contributed by atoms with E-state index in [0.717, 1.165) is 25.4 Å². The van der Waals surface area contributed by atoms with Gasteiger partial charge in [0.15, 0.2) is 0 Å². The first kappa shape index (κ1) is 13.3. The molecule has 1 saturated heterocycles. The van der Waals surface area contributed by atoms with Crippen LogP contribution in [0.25, 0.3) is 0 Å². The van der Waals surface area contributed by atoms with Crippen molar-refractivity contribution in [2.24, 2.45) is 5.73 Å². The molecule has 1 aliphatic heterocycles. The molecule has 18 heavy (non-hydrogen) atoms. The third kappa shape index (κ3) is 3.22. The molecule has 4 nitrogen and oxygen atoms in total. The molecule has 0 aliphatic carbocycles. The molecule has 2 N–H and O–H groups in total. The number of nitrogens with two attached hydrogens (primary N) is 1. The lowest BCUT2D eigenvalue weighted by Gasteiger charge is -2.37. The van der Waals surface area contributed by atoms with Crippen LogP contribution in [0.2, 0.25) is 0 Å². The number of benzene rings is 1. The van der Waals surface area contributed by atoms with Crippen molar-refractivity contribution in [1.82, 2.24) is 4.90 Å². The Hall–Kier alpha value is -1.10. The smallest absolute Gasteiger partial charge is 0.118 e. The Labute approximate surface area is 109 Å². The lowest BCUT2D eigenvalue weighted by molar-refractivity contribution is -0.0567. The second kappa shape index (κ2) is 6.18. The van der Waals surface area contributed by atoms with Crippen LogP contribution >= 0.6 is 0 Å². The van der Waals surface area contributed by atoms with Crippen LogP contribution < -0.4 is 10.5 Å². The highest BCUT2D eigenvalue weighted by Gasteiger charge is 2.24. The summed E-state index contributed by atoms with van der Waals surface area (Å²) >= 11 is 0. The average Bonchev–Trinajstić information content (AvgIpc) is 2.42. The largest absolute Gasteiger partial charge is 0.497 e. The molecule has 1 aromatic carbocycles. The summed E-state index contributed by atoms with van der Waals surface area (Å²) < 4.78 is 10.8. The van der Waals surface area contributed by atoms with Crippen molar-refractivity contribution in [1.29, 1.82) is 0 Å². The predicted molar refractivity (Wildman–Crippen MR) is 71.7 cm³/mol. The van der Waals surface area contributed by atoms with Crippen LogP contribution in [0.1, 0.15) is 12.5 Å². The van der Waals surface area contributed by atoms with Crippen molar-refractivity contribution in [3.8, 4) is 5.75 Å². The van der Waals surface area contributed by atoms with Crippen LogP contribution in [0.4, 0.5) is 0 Å². The van der Waals surface area contributed by atoms with Gasteiger partial charge in [-0.25, -0.2) is 0 Å². The van der Waals surface area contributed by atoms with Crippen molar-refractivity contribution in [2.75, 3.05) is 26.8 Å². The molecule has 2 atom stereocenters. The minimum atomic E-state index is 0.166. The van der Waals surface area contributed by atoms with Crippen molar-refractivity contribution in [2.45, 2.75) is 25.6 Å². The summed E-state index contributed by atoms with van der Waals surface area (Å²) in [5.41, 5.74) is 6.97. The number of hydrogen-bond acceptors (Lipinski definition) is 4. The van der Waals surface area contributed by atoms with E-state index in [-0.39, 0.29) is 6.10 Å². The van der Waals surface area contributed by atoms with Crippen molar-refractivity contribution >= 4 is 0 Å². The maximum Gasteiger partial charge on any atom is 0.118 e. The first-order valence-electron chi connectivity index (χ1n) is 6.41. The lowest BCUT2D eigenvalue weighted by atomic mass is 10.1. The van der Waals surface area contributed by atoms with Crippen LogP contribution in [0, 0.1) is 0 Å². The minimum absolute atomic E-state index is 0.166. The van der Waals surface area contributed by atoms with Gasteiger partial charge < -0.3 is 15.2 Å². The van der Waals surface area contributed by atoms with Crippen LogP contribution in [-0.2, 0) is 11.3 Å². The highest BCUT2D eigenvalue weighted by atomic mass is 16.5. The minimum Gasteiger partial charge on any atom is -0.497 e. The fraction of sp³-hybridized carbons (Fsp3) is 0.571. The Balaban J connectivity index is 1.97. The Kier molecular flexibility index (Phi) is 4.58.